The Morgan fingerprint density at radius 2 is 1.48 bits per heavy atom. The van der Waals surface area contributed by atoms with E-state index in [1.807, 2.05) is 0 Å². The summed E-state index contributed by atoms with van der Waals surface area (Å²) in [5.41, 5.74) is 3.96. The molecular weight excluding hydrogens is 278 g/mol. The van der Waals surface area contributed by atoms with Crippen molar-refractivity contribution in [2.45, 2.75) is 26.3 Å². The van der Waals surface area contributed by atoms with Gasteiger partial charge in [0.05, 0.1) is 0 Å². The van der Waals surface area contributed by atoms with Gasteiger partial charge in [-0.25, -0.2) is 0 Å². The van der Waals surface area contributed by atoms with E-state index in [4.69, 9.17) is 0 Å². The summed E-state index contributed by atoms with van der Waals surface area (Å²) in [5.74, 6) is 0. The minimum absolute atomic E-state index is 1.08. The second kappa shape index (κ2) is 5.92. The summed E-state index contributed by atoms with van der Waals surface area (Å²) >= 11 is 0. The van der Waals surface area contributed by atoms with E-state index < -0.39 is 0 Å². The molecule has 0 spiro atoms. The van der Waals surface area contributed by atoms with Crippen molar-refractivity contribution in [3.63, 3.8) is 0 Å². The zero-order valence-corrected chi connectivity index (χ0v) is 13.5. The van der Waals surface area contributed by atoms with Gasteiger partial charge in [0.15, 0.2) is 0 Å². The van der Waals surface area contributed by atoms with E-state index in [9.17, 15) is 0 Å². The van der Waals surface area contributed by atoms with Crippen LogP contribution in [0.3, 0.4) is 0 Å². The van der Waals surface area contributed by atoms with Gasteiger partial charge in [0, 0.05) is 23.1 Å². The predicted octanol–water partition coefficient (Wildman–Crippen LogP) is 6.26. The summed E-state index contributed by atoms with van der Waals surface area (Å²) in [7, 11) is 0. The molecule has 1 heterocycles. The molecule has 1 nitrogen and oxygen atoms in total. The van der Waals surface area contributed by atoms with Crippen LogP contribution in [0.5, 0.6) is 0 Å². The Balaban J connectivity index is 1.91. The smallest absolute Gasteiger partial charge is 0.0491 e. The number of unbranched alkanes of at least 4 members (excludes halogenated alkanes) is 1. The van der Waals surface area contributed by atoms with Crippen LogP contribution in [0.2, 0.25) is 0 Å². The molecule has 0 N–H and O–H groups in total. The van der Waals surface area contributed by atoms with Crippen LogP contribution in [0.25, 0.3) is 32.9 Å². The zero-order valence-electron chi connectivity index (χ0n) is 13.5. The molecule has 1 heteroatoms. The molecule has 0 amide bonds. The Kier molecular flexibility index (Phi) is 3.63. The molecule has 0 aliphatic carbocycles. The summed E-state index contributed by atoms with van der Waals surface area (Å²) in [6.07, 6.45) is 2.42. The average molecular weight is 299 g/mol. The van der Waals surface area contributed by atoms with Gasteiger partial charge in [-0.2, -0.15) is 0 Å². The van der Waals surface area contributed by atoms with E-state index in [1.54, 1.807) is 0 Å². The minimum Gasteiger partial charge on any atom is -0.340 e. The van der Waals surface area contributed by atoms with Crippen molar-refractivity contribution in [3.8, 4) is 11.3 Å². The molecule has 0 unspecified atom stereocenters. The highest BCUT2D eigenvalue weighted by Gasteiger charge is 2.10. The fraction of sp³-hybridized carbons (Fsp3) is 0.182. The maximum Gasteiger partial charge on any atom is 0.0491 e. The summed E-state index contributed by atoms with van der Waals surface area (Å²) in [4.78, 5) is 0. The first kappa shape index (κ1) is 14.1. The maximum absolute atomic E-state index is 2.48. The highest BCUT2D eigenvalue weighted by Crippen LogP contribution is 2.30. The van der Waals surface area contributed by atoms with Crippen LogP contribution in [-0.4, -0.2) is 4.57 Å². The molecule has 4 rings (SSSR count). The number of hydrogen-bond donors (Lipinski definition) is 0. The van der Waals surface area contributed by atoms with Gasteiger partial charge < -0.3 is 4.57 Å². The first-order valence-corrected chi connectivity index (χ1v) is 8.44. The highest BCUT2D eigenvalue weighted by molar-refractivity contribution is 5.91. The van der Waals surface area contributed by atoms with E-state index in [-0.39, 0.29) is 0 Å². The van der Waals surface area contributed by atoms with Crippen LogP contribution in [0.1, 0.15) is 19.8 Å². The van der Waals surface area contributed by atoms with Gasteiger partial charge in [-0.3, -0.25) is 0 Å². The molecule has 4 aromatic rings. The number of aromatic nitrogens is 1. The lowest BCUT2D eigenvalue weighted by atomic mass is 10.0. The molecule has 0 radical (unpaired) electrons. The van der Waals surface area contributed by atoms with Gasteiger partial charge in [0.1, 0.15) is 0 Å². The molecule has 0 aliphatic rings. The van der Waals surface area contributed by atoms with Crippen LogP contribution >= 0.6 is 0 Å². The van der Waals surface area contributed by atoms with E-state index in [2.05, 4.69) is 84.3 Å². The van der Waals surface area contributed by atoms with Crippen LogP contribution in [0.15, 0.2) is 72.8 Å². The summed E-state index contributed by atoms with van der Waals surface area (Å²) in [5, 5.41) is 3.93. The predicted molar refractivity (Wildman–Crippen MR) is 99.8 cm³/mol. The molecule has 114 valence electrons. The number of rotatable bonds is 4. The van der Waals surface area contributed by atoms with Crippen LogP contribution in [0, 0.1) is 0 Å². The molecule has 0 fully saturated rings. The lowest BCUT2D eigenvalue weighted by Crippen LogP contribution is -1.99. The molecule has 1 aromatic heterocycles. The van der Waals surface area contributed by atoms with Gasteiger partial charge in [-0.1, -0.05) is 67.9 Å². The Bertz CT molecular complexity index is 962. The minimum atomic E-state index is 1.08. The molecule has 0 bridgehead atoms. The monoisotopic (exact) mass is 299 g/mol. The van der Waals surface area contributed by atoms with Crippen molar-refractivity contribution in [1.82, 2.24) is 4.57 Å². The zero-order chi connectivity index (χ0) is 15.6. The van der Waals surface area contributed by atoms with E-state index in [0.29, 0.717) is 0 Å². The number of hydrogen-bond acceptors (Lipinski definition) is 0. The second-order valence-corrected chi connectivity index (χ2v) is 6.16. The number of nitrogens with zero attached hydrogens (tertiary/aromatic N) is 1. The summed E-state index contributed by atoms with van der Waals surface area (Å²) in [6, 6.07) is 26.4. The Hall–Kier alpha value is -2.54. The van der Waals surface area contributed by atoms with Gasteiger partial charge in [0.2, 0.25) is 0 Å². The third-order valence-electron chi connectivity index (χ3n) is 4.59. The second-order valence-electron chi connectivity index (χ2n) is 6.16. The number of aryl methyl sites for hydroxylation is 1. The Morgan fingerprint density at radius 1 is 0.739 bits per heavy atom. The van der Waals surface area contributed by atoms with Crippen molar-refractivity contribution in [2.24, 2.45) is 0 Å². The van der Waals surface area contributed by atoms with Gasteiger partial charge in [-0.05, 0) is 41.0 Å². The number of para-hydroxylation sites is 1. The quantitative estimate of drug-likeness (QED) is 0.419. The van der Waals surface area contributed by atoms with Crippen molar-refractivity contribution >= 4 is 21.7 Å². The van der Waals surface area contributed by atoms with E-state index in [1.165, 1.54) is 45.8 Å². The topological polar surface area (TPSA) is 4.93 Å². The third kappa shape index (κ3) is 2.53. The first-order chi connectivity index (χ1) is 11.4. The lowest BCUT2D eigenvalue weighted by Gasteiger charge is -2.11. The van der Waals surface area contributed by atoms with Crippen molar-refractivity contribution in [3.05, 3.63) is 72.8 Å². The van der Waals surface area contributed by atoms with Crippen LogP contribution in [0.4, 0.5) is 0 Å². The SMILES string of the molecule is CCCCn1c(-c2ccc3ccccc3c2)cc2ccccc21. The maximum atomic E-state index is 2.48. The summed E-state index contributed by atoms with van der Waals surface area (Å²) in [6.45, 7) is 3.33. The standard InChI is InChI=1S/C22H21N/c1-2-3-14-23-21-11-7-6-10-19(21)16-22(23)20-13-12-17-8-4-5-9-18(17)15-20/h4-13,15-16H,2-3,14H2,1H3. The third-order valence-corrected chi connectivity index (χ3v) is 4.59. The lowest BCUT2D eigenvalue weighted by molar-refractivity contribution is 0.654. The van der Waals surface area contributed by atoms with Crippen molar-refractivity contribution < 1.29 is 0 Å². The Labute approximate surface area is 137 Å². The largest absolute Gasteiger partial charge is 0.340 e. The number of benzene rings is 3. The molecule has 23 heavy (non-hydrogen) atoms. The summed E-state index contributed by atoms with van der Waals surface area (Å²) < 4.78 is 2.48. The molecule has 0 saturated carbocycles. The number of fused-ring (bicyclic) bond motifs is 2. The average Bonchev–Trinajstić information content (AvgIpc) is 2.98. The van der Waals surface area contributed by atoms with Gasteiger partial charge in [-0.15, -0.1) is 0 Å². The molecule has 0 atom stereocenters. The molecule has 3 aromatic carbocycles. The normalized spacial score (nSPS) is 11.3. The van der Waals surface area contributed by atoms with Crippen molar-refractivity contribution in [1.29, 1.82) is 0 Å². The fourth-order valence-corrected chi connectivity index (χ4v) is 3.36. The Morgan fingerprint density at radius 3 is 2.30 bits per heavy atom. The first-order valence-electron chi connectivity index (χ1n) is 8.44. The van der Waals surface area contributed by atoms with Crippen LogP contribution < -0.4 is 0 Å². The highest BCUT2D eigenvalue weighted by atomic mass is 15.0. The molecule has 0 aliphatic heterocycles. The van der Waals surface area contributed by atoms with Gasteiger partial charge >= 0.3 is 0 Å². The van der Waals surface area contributed by atoms with E-state index in [0.717, 1.165) is 6.54 Å². The fourth-order valence-electron chi connectivity index (χ4n) is 3.36. The van der Waals surface area contributed by atoms with Gasteiger partial charge in [0.25, 0.3) is 0 Å². The van der Waals surface area contributed by atoms with Crippen molar-refractivity contribution in [2.75, 3.05) is 0 Å². The molecule has 0 saturated heterocycles. The van der Waals surface area contributed by atoms with E-state index >= 15 is 0 Å². The molecular formula is C22H21N. The van der Waals surface area contributed by atoms with Crippen LogP contribution in [-0.2, 0) is 6.54 Å².